The Kier molecular flexibility index (Phi) is 19.0. The van der Waals surface area contributed by atoms with Gasteiger partial charge in [0.25, 0.3) is 0 Å². The first kappa shape index (κ1) is 56.4. The number of carbonyl (C=O) groups is 4. The normalized spacial score (nSPS) is 13.8. The van der Waals surface area contributed by atoms with E-state index in [9.17, 15) is 19.2 Å². The summed E-state index contributed by atoms with van der Waals surface area (Å²) in [5.74, 6) is -0.370. The Bertz CT molecular complexity index is 2690. The van der Waals surface area contributed by atoms with Crippen LogP contribution in [0.4, 0.5) is 22.7 Å². The number of allylic oxidation sites excluding steroid dienone is 4. The quantitative estimate of drug-likeness (QED) is 0.128. The molecule has 0 unspecified atom stereocenters. The number of rotatable bonds is 4. The smallest absolute Gasteiger partial charge is 0.186 e. The van der Waals surface area contributed by atoms with Crippen LogP contribution in [-0.2, 0) is 40.8 Å². The second-order valence-electron chi connectivity index (χ2n) is 18.7. The first-order chi connectivity index (χ1) is 33.3. The molecule has 0 saturated heterocycles. The molecule has 10 rings (SSSR count). The van der Waals surface area contributed by atoms with Gasteiger partial charge in [-0.15, -0.1) is 13.3 Å². The van der Waals surface area contributed by atoms with Crippen molar-refractivity contribution in [3.63, 3.8) is 0 Å². The fourth-order valence-electron chi connectivity index (χ4n) is 10.0. The van der Waals surface area contributed by atoms with Gasteiger partial charge in [-0.2, -0.15) is 0 Å². The van der Waals surface area contributed by atoms with E-state index in [0.29, 0.717) is 22.3 Å². The number of ketones is 4. The zero-order valence-electron chi connectivity index (χ0n) is 43.1. The molecule has 10 heteroatoms. The third-order valence-corrected chi connectivity index (χ3v) is 12.5. The number of aryl methyl sites for hydroxylation is 12. The molecule has 2 heterocycles. The maximum atomic E-state index is 11.2. The third-order valence-electron chi connectivity index (χ3n) is 12.5. The van der Waals surface area contributed by atoms with Gasteiger partial charge in [-0.1, -0.05) is 119 Å². The molecule has 8 nitrogen and oxygen atoms in total. The van der Waals surface area contributed by atoms with E-state index in [1.807, 2.05) is 0 Å². The van der Waals surface area contributed by atoms with Gasteiger partial charge in [0, 0.05) is 85.8 Å². The predicted octanol–water partition coefficient (Wildman–Crippen LogP) is 14.1. The van der Waals surface area contributed by atoms with Crippen LogP contribution in [0, 0.1) is 96.4 Å². The summed E-state index contributed by atoms with van der Waals surface area (Å²) in [5.41, 5.74) is 22.8. The van der Waals surface area contributed by atoms with Crippen LogP contribution in [0.3, 0.4) is 0 Å². The number of benzene rings is 6. The van der Waals surface area contributed by atoms with Crippen LogP contribution >= 0.6 is 0 Å². The Morgan fingerprint density at radius 2 is 0.458 bits per heavy atom. The summed E-state index contributed by atoms with van der Waals surface area (Å²) < 4.78 is 0. The van der Waals surface area contributed by atoms with Crippen LogP contribution in [0.25, 0.3) is 0 Å². The molecule has 4 aliphatic rings. The molecule has 0 fully saturated rings. The summed E-state index contributed by atoms with van der Waals surface area (Å²) in [6.45, 7) is 30.4. The summed E-state index contributed by atoms with van der Waals surface area (Å²) in [7, 11) is 0. The molecule has 0 spiro atoms. The number of fused-ring (bicyclic) bond motifs is 2. The fourth-order valence-corrected chi connectivity index (χ4v) is 10.0. The van der Waals surface area contributed by atoms with Crippen molar-refractivity contribution >= 4 is 45.9 Å². The number of anilines is 4. The molecule has 2 aliphatic heterocycles. The van der Waals surface area contributed by atoms with E-state index in [1.54, 1.807) is 48.5 Å². The van der Waals surface area contributed by atoms with Gasteiger partial charge in [0.2, 0.25) is 0 Å². The molecule has 6 aromatic rings. The average molecular weight is 1140 g/mol. The predicted molar refractivity (Wildman–Crippen MR) is 288 cm³/mol. The van der Waals surface area contributed by atoms with Gasteiger partial charge in [0.05, 0.1) is 0 Å². The van der Waals surface area contributed by atoms with Crippen LogP contribution in [0.2, 0.25) is 0 Å². The van der Waals surface area contributed by atoms with E-state index in [0.717, 1.165) is 0 Å². The number of hydrogen-bond acceptors (Lipinski definition) is 8. The van der Waals surface area contributed by atoms with E-state index in [-0.39, 0.29) is 64.0 Å². The molecule has 0 saturated carbocycles. The first-order valence-electron chi connectivity index (χ1n) is 23.5. The van der Waals surface area contributed by atoms with Crippen molar-refractivity contribution in [2.24, 2.45) is 0 Å². The maximum absolute atomic E-state index is 11.2. The molecule has 0 N–H and O–H groups in total. The minimum Gasteiger partial charge on any atom is -0.479 e. The van der Waals surface area contributed by atoms with E-state index >= 15 is 0 Å². The zero-order valence-corrected chi connectivity index (χ0v) is 46.2. The molecule has 376 valence electrons. The molecule has 0 aromatic heterocycles. The Labute approximate surface area is 454 Å². The summed E-state index contributed by atoms with van der Waals surface area (Å²) >= 11 is 0. The van der Waals surface area contributed by atoms with Crippen LogP contribution in [-0.4, -0.2) is 23.1 Å². The van der Waals surface area contributed by atoms with Crippen molar-refractivity contribution in [2.45, 2.75) is 83.1 Å². The van der Waals surface area contributed by atoms with Crippen molar-refractivity contribution < 1.29 is 60.0 Å². The number of carbonyl (C=O) groups excluding carboxylic acids is 4. The number of nitrogens with zero attached hydrogens (tertiary/aromatic N) is 4. The Morgan fingerprint density at radius 3 is 0.625 bits per heavy atom. The number of hydrogen-bond donors (Lipinski definition) is 0. The van der Waals surface area contributed by atoms with Crippen molar-refractivity contribution in [3.8, 4) is 0 Å². The zero-order chi connectivity index (χ0) is 50.6. The molecule has 0 bridgehead atoms. The SMILES string of the molecule is Cc1cc(C)c(N2C=CN(c3c(C)cc(C)cc3C)[CH-]2)c(C)c1.Cc1cc(C)c(N2C=CN(c3c(C)cc(C)cc3C)[CH-]2)c(C)c1.O=C1C=CC(=O)c2ccccc21.O=C1C=CC(=O)c2ccccc21.[Pd].[Pd]. The van der Waals surface area contributed by atoms with Crippen LogP contribution in [0.15, 0.2) is 146 Å². The van der Waals surface area contributed by atoms with Crippen LogP contribution < -0.4 is 19.6 Å². The van der Waals surface area contributed by atoms with Gasteiger partial charge in [0.15, 0.2) is 23.1 Å². The molecule has 6 aromatic carbocycles. The molecule has 2 aliphatic carbocycles. The summed E-state index contributed by atoms with van der Waals surface area (Å²) in [6.07, 6.45) is 13.8. The minimum absolute atomic E-state index is 0. The third kappa shape index (κ3) is 12.7. The van der Waals surface area contributed by atoms with E-state index in [4.69, 9.17) is 0 Å². The van der Waals surface area contributed by atoms with Crippen molar-refractivity contribution in [1.29, 1.82) is 0 Å². The van der Waals surface area contributed by atoms with Gasteiger partial charge >= 0.3 is 0 Å². The van der Waals surface area contributed by atoms with E-state index in [2.05, 4.69) is 189 Å². The van der Waals surface area contributed by atoms with Crippen molar-refractivity contribution in [2.75, 3.05) is 19.6 Å². The van der Waals surface area contributed by atoms with E-state index in [1.165, 1.54) is 114 Å². The maximum Gasteiger partial charge on any atom is 0.186 e. The second kappa shape index (κ2) is 24.3. The Balaban J connectivity index is 0.000000184. The van der Waals surface area contributed by atoms with Gasteiger partial charge in [-0.25, -0.2) is 0 Å². The summed E-state index contributed by atoms with van der Waals surface area (Å²) in [6, 6.07) is 31.6. The summed E-state index contributed by atoms with van der Waals surface area (Å²) in [5, 5.41) is 0. The van der Waals surface area contributed by atoms with Gasteiger partial charge in [-0.05, 0) is 177 Å². The summed E-state index contributed by atoms with van der Waals surface area (Å²) in [4.78, 5) is 53.7. The average Bonchev–Trinajstić information content (AvgIpc) is 3.96. The molecule has 0 amide bonds. The molecule has 72 heavy (non-hydrogen) atoms. The Morgan fingerprint density at radius 1 is 0.292 bits per heavy atom. The topological polar surface area (TPSA) is 81.2 Å². The minimum atomic E-state index is -0.0924. The second-order valence-corrected chi connectivity index (χ2v) is 18.7. The molecular weight excluding hydrogens is 1080 g/mol. The molecular formula is C62H62N4O4Pd2-2. The monoisotopic (exact) mass is 1140 g/mol. The van der Waals surface area contributed by atoms with E-state index < -0.39 is 0 Å². The first-order valence-corrected chi connectivity index (χ1v) is 23.5. The van der Waals surface area contributed by atoms with Crippen molar-refractivity contribution in [1.82, 2.24) is 0 Å². The fraction of sp³-hybridized carbons (Fsp3) is 0.194. The van der Waals surface area contributed by atoms with Crippen molar-refractivity contribution in [3.05, 3.63) is 249 Å². The van der Waals surface area contributed by atoms with Gasteiger partial charge in [-0.3, -0.25) is 19.2 Å². The van der Waals surface area contributed by atoms with Crippen LogP contribution in [0.5, 0.6) is 0 Å². The largest absolute Gasteiger partial charge is 0.479 e. The standard InChI is InChI=1S/2C21H25N2.2C10H6O2.2Pd/c2*1-14-9-16(3)20(17(4)10-14)22-7-8-23(13-22)21-18(5)11-15(2)12-19(21)6;2*11-9-5-6-10(12)8-4-2-1-3-7(8)9;;/h2*7-13H,1-6H3;2*1-6H;;/q2*-1;;;;. The van der Waals surface area contributed by atoms with Crippen LogP contribution in [0.1, 0.15) is 108 Å². The molecule has 0 atom stereocenters. The van der Waals surface area contributed by atoms with Gasteiger partial charge in [0.1, 0.15) is 0 Å². The van der Waals surface area contributed by atoms with Gasteiger partial charge < -0.3 is 19.6 Å². The Hall–Kier alpha value is -6.52. The molecule has 0 radical (unpaired) electrons.